The summed E-state index contributed by atoms with van der Waals surface area (Å²) in [6.07, 6.45) is 7.93. The van der Waals surface area contributed by atoms with Crippen molar-refractivity contribution in [1.29, 1.82) is 0 Å². The van der Waals surface area contributed by atoms with Crippen molar-refractivity contribution >= 4 is 5.91 Å². The summed E-state index contributed by atoms with van der Waals surface area (Å²) in [6.45, 7) is 4.60. The van der Waals surface area contributed by atoms with Gasteiger partial charge in [-0.2, -0.15) is 5.10 Å². The zero-order chi connectivity index (χ0) is 14.9. The zero-order valence-corrected chi connectivity index (χ0v) is 13.0. The molecule has 1 unspecified atom stereocenters. The van der Waals surface area contributed by atoms with Gasteiger partial charge in [0.1, 0.15) is 6.04 Å². The molecule has 2 rings (SSSR count). The van der Waals surface area contributed by atoms with Crippen LogP contribution >= 0.6 is 0 Å². The highest BCUT2D eigenvalue weighted by Gasteiger charge is 2.32. The third-order valence-corrected chi connectivity index (χ3v) is 4.55. The lowest BCUT2D eigenvalue weighted by molar-refractivity contribution is -0.134. The summed E-state index contributed by atoms with van der Waals surface area (Å²) in [5.41, 5.74) is 7.26. The van der Waals surface area contributed by atoms with E-state index in [2.05, 4.69) is 18.9 Å². The average molecular weight is 278 g/mol. The first-order valence-corrected chi connectivity index (χ1v) is 7.31. The van der Waals surface area contributed by atoms with E-state index in [0.29, 0.717) is 11.5 Å². The number of nitrogens with two attached hydrogens (primary N) is 1. The number of nitrogens with zero attached hydrogens (tertiary/aromatic N) is 3. The highest BCUT2D eigenvalue weighted by Crippen LogP contribution is 2.36. The fraction of sp³-hybridized carbons (Fsp3) is 0.733. The number of aromatic nitrogens is 2. The summed E-state index contributed by atoms with van der Waals surface area (Å²) in [5, 5.41) is 4.08. The molecule has 1 amide bonds. The Hall–Kier alpha value is -1.36. The predicted molar refractivity (Wildman–Crippen MR) is 78.9 cm³/mol. The monoisotopic (exact) mass is 278 g/mol. The van der Waals surface area contributed by atoms with Gasteiger partial charge in [0.05, 0.1) is 6.20 Å². The van der Waals surface area contributed by atoms with Gasteiger partial charge in [-0.15, -0.1) is 0 Å². The maximum absolute atomic E-state index is 12.5. The van der Waals surface area contributed by atoms with Crippen molar-refractivity contribution in [2.75, 3.05) is 7.05 Å². The molecule has 0 bridgehead atoms. The summed E-state index contributed by atoms with van der Waals surface area (Å²) in [4.78, 5) is 14.3. The van der Waals surface area contributed by atoms with Crippen LogP contribution in [0.1, 0.15) is 51.1 Å². The lowest BCUT2D eigenvalue weighted by Crippen LogP contribution is -2.44. The molecule has 5 heteroatoms. The minimum absolute atomic E-state index is 0.0114. The SMILES string of the molecule is CN(C(=O)C(N)c1cnn(C)c1)C1CCC(C)(C)CC1. The second-order valence-electron chi connectivity index (χ2n) is 6.77. The largest absolute Gasteiger partial charge is 0.341 e. The van der Waals surface area contributed by atoms with Crippen molar-refractivity contribution in [3.05, 3.63) is 18.0 Å². The number of hydrogen-bond acceptors (Lipinski definition) is 3. The van der Waals surface area contributed by atoms with E-state index in [1.807, 2.05) is 19.0 Å². The summed E-state index contributed by atoms with van der Waals surface area (Å²) in [6, 6.07) is -0.290. The molecule has 1 saturated carbocycles. The van der Waals surface area contributed by atoms with Gasteiger partial charge in [-0.05, 0) is 31.1 Å². The second-order valence-corrected chi connectivity index (χ2v) is 6.77. The number of amides is 1. The first-order valence-electron chi connectivity index (χ1n) is 7.31. The summed E-state index contributed by atoms with van der Waals surface area (Å²) in [7, 11) is 3.70. The van der Waals surface area contributed by atoms with Crippen LogP contribution < -0.4 is 5.73 Å². The van der Waals surface area contributed by atoms with Gasteiger partial charge in [-0.3, -0.25) is 9.48 Å². The number of carbonyl (C=O) groups is 1. The minimum Gasteiger partial charge on any atom is -0.341 e. The van der Waals surface area contributed by atoms with E-state index in [1.54, 1.807) is 17.1 Å². The van der Waals surface area contributed by atoms with Crippen LogP contribution in [0.2, 0.25) is 0 Å². The molecule has 1 aliphatic carbocycles. The van der Waals surface area contributed by atoms with E-state index in [1.165, 1.54) is 0 Å². The third-order valence-electron chi connectivity index (χ3n) is 4.55. The number of carbonyl (C=O) groups excluding carboxylic acids is 1. The molecule has 0 aliphatic heterocycles. The van der Waals surface area contributed by atoms with Crippen molar-refractivity contribution in [3.63, 3.8) is 0 Å². The second kappa shape index (κ2) is 5.56. The van der Waals surface area contributed by atoms with Gasteiger partial charge in [-0.1, -0.05) is 13.8 Å². The molecule has 1 heterocycles. The molecule has 0 spiro atoms. The van der Waals surface area contributed by atoms with E-state index in [9.17, 15) is 4.79 Å². The van der Waals surface area contributed by atoms with Gasteiger partial charge in [0.25, 0.3) is 0 Å². The standard InChI is InChI=1S/C15H26N4O/c1-15(2)7-5-12(6-8-15)19(4)14(20)13(16)11-9-17-18(3)10-11/h9-10,12-13H,5-8,16H2,1-4H3. The van der Waals surface area contributed by atoms with Gasteiger partial charge >= 0.3 is 0 Å². The smallest absolute Gasteiger partial charge is 0.244 e. The van der Waals surface area contributed by atoms with E-state index >= 15 is 0 Å². The van der Waals surface area contributed by atoms with Crippen LogP contribution in [0.3, 0.4) is 0 Å². The van der Waals surface area contributed by atoms with Gasteiger partial charge in [0.2, 0.25) is 5.91 Å². The maximum atomic E-state index is 12.5. The van der Waals surface area contributed by atoms with E-state index in [0.717, 1.165) is 31.2 Å². The Morgan fingerprint density at radius 1 is 1.50 bits per heavy atom. The molecule has 0 saturated heterocycles. The first kappa shape index (κ1) is 15.0. The van der Waals surface area contributed by atoms with Crippen LogP contribution in [0.25, 0.3) is 0 Å². The fourth-order valence-corrected chi connectivity index (χ4v) is 2.91. The van der Waals surface area contributed by atoms with Gasteiger partial charge in [0.15, 0.2) is 0 Å². The Labute approximate surface area is 121 Å². The minimum atomic E-state index is -0.608. The molecule has 0 aromatic carbocycles. The number of likely N-dealkylation sites (N-methyl/N-ethyl adjacent to an activating group) is 1. The zero-order valence-electron chi connectivity index (χ0n) is 13.0. The Kier molecular flexibility index (Phi) is 4.18. The summed E-state index contributed by atoms with van der Waals surface area (Å²) in [5.74, 6) is -0.0114. The third kappa shape index (κ3) is 3.20. The molecule has 1 aliphatic rings. The molecule has 1 atom stereocenters. The molecule has 1 aromatic heterocycles. The number of hydrogen-bond donors (Lipinski definition) is 1. The normalized spacial score (nSPS) is 20.6. The average Bonchev–Trinajstić information content (AvgIpc) is 2.83. The van der Waals surface area contributed by atoms with Crippen molar-refractivity contribution in [1.82, 2.24) is 14.7 Å². The number of rotatable bonds is 3. The Bertz CT molecular complexity index is 470. The number of aryl methyl sites for hydroxylation is 1. The van der Waals surface area contributed by atoms with Crippen LogP contribution in [-0.4, -0.2) is 33.7 Å². The Morgan fingerprint density at radius 3 is 2.60 bits per heavy atom. The first-order chi connectivity index (χ1) is 9.30. The molecular formula is C15H26N4O. The Morgan fingerprint density at radius 2 is 2.10 bits per heavy atom. The molecule has 1 fully saturated rings. The molecular weight excluding hydrogens is 252 g/mol. The van der Waals surface area contributed by atoms with Gasteiger partial charge in [0, 0.05) is 31.9 Å². The van der Waals surface area contributed by atoms with Crippen LogP contribution in [0.15, 0.2) is 12.4 Å². The fourth-order valence-electron chi connectivity index (χ4n) is 2.91. The maximum Gasteiger partial charge on any atom is 0.244 e. The predicted octanol–water partition coefficient (Wildman–Crippen LogP) is 1.85. The van der Waals surface area contributed by atoms with Crippen LogP contribution in [-0.2, 0) is 11.8 Å². The Balaban J connectivity index is 1.98. The van der Waals surface area contributed by atoms with Crippen LogP contribution in [0.4, 0.5) is 0 Å². The molecule has 112 valence electrons. The van der Waals surface area contributed by atoms with E-state index in [-0.39, 0.29) is 5.91 Å². The highest BCUT2D eigenvalue weighted by atomic mass is 16.2. The van der Waals surface area contributed by atoms with E-state index in [4.69, 9.17) is 5.73 Å². The van der Waals surface area contributed by atoms with Gasteiger partial charge in [-0.25, -0.2) is 0 Å². The summed E-state index contributed by atoms with van der Waals surface area (Å²) < 4.78 is 1.67. The highest BCUT2D eigenvalue weighted by molar-refractivity contribution is 5.83. The lowest BCUT2D eigenvalue weighted by atomic mass is 9.75. The van der Waals surface area contributed by atoms with Crippen LogP contribution in [0, 0.1) is 5.41 Å². The van der Waals surface area contributed by atoms with Gasteiger partial charge < -0.3 is 10.6 Å². The van der Waals surface area contributed by atoms with Crippen molar-refractivity contribution in [2.24, 2.45) is 18.2 Å². The lowest BCUT2D eigenvalue weighted by Gasteiger charge is -2.39. The quantitative estimate of drug-likeness (QED) is 0.917. The van der Waals surface area contributed by atoms with Crippen molar-refractivity contribution < 1.29 is 4.79 Å². The molecule has 0 radical (unpaired) electrons. The molecule has 20 heavy (non-hydrogen) atoms. The topological polar surface area (TPSA) is 64.2 Å². The van der Waals surface area contributed by atoms with E-state index < -0.39 is 6.04 Å². The van der Waals surface area contributed by atoms with Crippen LogP contribution in [0.5, 0.6) is 0 Å². The van der Waals surface area contributed by atoms with Crippen molar-refractivity contribution in [3.8, 4) is 0 Å². The molecule has 5 nitrogen and oxygen atoms in total. The molecule has 2 N–H and O–H groups in total. The van der Waals surface area contributed by atoms with Crippen molar-refractivity contribution in [2.45, 2.75) is 51.6 Å². The summed E-state index contributed by atoms with van der Waals surface area (Å²) >= 11 is 0. The molecule has 1 aromatic rings.